The maximum atomic E-state index is 11.2. The Labute approximate surface area is 110 Å². The molecular weight excluding hydrogens is 228 g/mol. The molecule has 5 heteroatoms. The van der Waals surface area contributed by atoms with E-state index < -0.39 is 11.4 Å². The highest BCUT2D eigenvalue weighted by molar-refractivity contribution is 5.83. The maximum absolute atomic E-state index is 11.2. The van der Waals surface area contributed by atoms with Crippen LogP contribution in [-0.2, 0) is 4.79 Å². The molecule has 1 fully saturated rings. The molecule has 106 valence electrons. The highest BCUT2D eigenvalue weighted by Crippen LogP contribution is 2.18. The first kappa shape index (κ1) is 15.4. The minimum absolute atomic E-state index is 0.251. The van der Waals surface area contributed by atoms with Crippen LogP contribution in [-0.4, -0.2) is 60.5 Å². The van der Waals surface area contributed by atoms with Gasteiger partial charge < -0.3 is 21.3 Å². The number of hydrogen-bond donors (Lipinski definition) is 2. The van der Waals surface area contributed by atoms with Crippen LogP contribution in [0.25, 0.3) is 0 Å². The predicted octanol–water partition coefficient (Wildman–Crippen LogP) is -0.00630. The Morgan fingerprint density at radius 2 is 2.22 bits per heavy atom. The molecule has 3 atom stereocenters. The van der Waals surface area contributed by atoms with E-state index in [0.717, 1.165) is 6.54 Å². The number of likely N-dealkylation sites (tertiary alicyclic amines) is 1. The third-order valence-electron chi connectivity index (χ3n) is 4.21. The molecule has 1 amide bonds. The minimum Gasteiger partial charge on any atom is -0.368 e. The van der Waals surface area contributed by atoms with E-state index in [4.69, 9.17) is 11.5 Å². The lowest BCUT2D eigenvalue weighted by atomic mass is 9.93. The number of likely N-dealkylation sites (N-methyl/N-ethyl adjacent to an activating group) is 2. The van der Waals surface area contributed by atoms with Crippen LogP contribution in [0.2, 0.25) is 0 Å². The van der Waals surface area contributed by atoms with E-state index in [1.165, 1.54) is 19.4 Å². The molecule has 0 aromatic carbocycles. The van der Waals surface area contributed by atoms with Gasteiger partial charge in [-0.15, -0.1) is 0 Å². The minimum atomic E-state index is -0.921. The molecule has 0 aliphatic carbocycles. The molecule has 3 unspecified atom stereocenters. The lowest BCUT2D eigenvalue weighted by Crippen LogP contribution is -2.53. The van der Waals surface area contributed by atoms with Crippen LogP contribution in [0.4, 0.5) is 0 Å². The molecule has 0 aromatic heterocycles. The van der Waals surface area contributed by atoms with Gasteiger partial charge in [-0.2, -0.15) is 0 Å². The van der Waals surface area contributed by atoms with E-state index in [1.807, 2.05) is 0 Å². The Kier molecular flexibility index (Phi) is 5.13. The molecule has 5 nitrogen and oxygen atoms in total. The first-order valence-corrected chi connectivity index (χ1v) is 6.73. The van der Waals surface area contributed by atoms with Crippen LogP contribution >= 0.6 is 0 Å². The zero-order valence-electron chi connectivity index (χ0n) is 12.1. The molecule has 0 radical (unpaired) electrons. The fraction of sp³-hybridized carbons (Fsp3) is 0.923. The fourth-order valence-corrected chi connectivity index (χ4v) is 2.59. The largest absolute Gasteiger partial charge is 0.368 e. The van der Waals surface area contributed by atoms with Gasteiger partial charge in [0.05, 0.1) is 5.54 Å². The quantitative estimate of drug-likeness (QED) is 0.701. The maximum Gasteiger partial charge on any atom is 0.237 e. The second-order valence-corrected chi connectivity index (χ2v) is 6.05. The second-order valence-electron chi connectivity index (χ2n) is 6.05. The van der Waals surface area contributed by atoms with E-state index in [0.29, 0.717) is 12.5 Å². The van der Waals surface area contributed by atoms with Gasteiger partial charge in [0.1, 0.15) is 0 Å². The van der Waals surface area contributed by atoms with Crippen molar-refractivity contribution in [3.63, 3.8) is 0 Å². The topological polar surface area (TPSA) is 75.6 Å². The molecule has 0 bridgehead atoms. The van der Waals surface area contributed by atoms with Crippen molar-refractivity contribution in [2.24, 2.45) is 11.5 Å². The Bertz CT molecular complexity index is 293. The van der Waals surface area contributed by atoms with E-state index in [1.54, 1.807) is 6.92 Å². The normalized spacial score (nSPS) is 26.2. The molecule has 1 aliphatic heterocycles. The van der Waals surface area contributed by atoms with E-state index in [9.17, 15) is 4.79 Å². The summed E-state index contributed by atoms with van der Waals surface area (Å²) in [7, 11) is 4.26. The summed E-state index contributed by atoms with van der Waals surface area (Å²) in [4.78, 5) is 15.9. The lowest BCUT2D eigenvalue weighted by Gasteiger charge is -2.33. The molecule has 1 rings (SSSR count). The van der Waals surface area contributed by atoms with Crippen molar-refractivity contribution in [3.05, 3.63) is 0 Å². The lowest BCUT2D eigenvalue weighted by molar-refractivity contribution is -0.123. The van der Waals surface area contributed by atoms with Gasteiger partial charge in [0, 0.05) is 18.6 Å². The predicted molar refractivity (Wildman–Crippen MR) is 74.1 cm³/mol. The van der Waals surface area contributed by atoms with Crippen LogP contribution in [0.5, 0.6) is 0 Å². The van der Waals surface area contributed by atoms with Crippen molar-refractivity contribution in [2.75, 3.05) is 27.2 Å². The van der Waals surface area contributed by atoms with Crippen molar-refractivity contribution in [1.29, 1.82) is 0 Å². The van der Waals surface area contributed by atoms with Crippen molar-refractivity contribution in [1.82, 2.24) is 9.80 Å². The van der Waals surface area contributed by atoms with Crippen molar-refractivity contribution >= 4 is 5.91 Å². The Morgan fingerprint density at radius 1 is 1.61 bits per heavy atom. The number of carbonyl (C=O) groups excluding carboxylic acids is 1. The molecule has 0 saturated carbocycles. The highest BCUT2D eigenvalue weighted by Gasteiger charge is 2.30. The SMILES string of the molecule is CC(CC(C)(N)C(N)=O)N(C)CC1CCCN1C. The van der Waals surface area contributed by atoms with Crippen molar-refractivity contribution < 1.29 is 4.79 Å². The molecule has 0 aromatic rings. The van der Waals surface area contributed by atoms with Crippen molar-refractivity contribution in [2.45, 2.75) is 50.7 Å². The average Bonchev–Trinajstić information content (AvgIpc) is 2.63. The molecular formula is C13H28N4O. The van der Waals surface area contributed by atoms with Gasteiger partial charge in [0.25, 0.3) is 0 Å². The first-order chi connectivity index (χ1) is 8.24. The number of rotatable bonds is 6. The zero-order valence-corrected chi connectivity index (χ0v) is 12.1. The van der Waals surface area contributed by atoms with Gasteiger partial charge in [-0.05, 0) is 53.8 Å². The summed E-state index contributed by atoms with van der Waals surface area (Å²) in [6.45, 7) is 6.01. The van der Waals surface area contributed by atoms with Crippen LogP contribution < -0.4 is 11.5 Å². The average molecular weight is 256 g/mol. The summed E-state index contributed by atoms with van der Waals surface area (Å²) in [5.74, 6) is -0.430. The van der Waals surface area contributed by atoms with Gasteiger partial charge in [-0.1, -0.05) is 0 Å². The van der Waals surface area contributed by atoms with Gasteiger partial charge in [-0.25, -0.2) is 0 Å². The third kappa shape index (κ3) is 3.93. The summed E-state index contributed by atoms with van der Waals surface area (Å²) < 4.78 is 0. The smallest absolute Gasteiger partial charge is 0.237 e. The Balaban J connectivity index is 2.46. The highest BCUT2D eigenvalue weighted by atomic mass is 16.1. The number of carbonyl (C=O) groups is 1. The monoisotopic (exact) mass is 256 g/mol. The van der Waals surface area contributed by atoms with Gasteiger partial charge in [-0.3, -0.25) is 4.79 Å². The van der Waals surface area contributed by atoms with E-state index in [2.05, 4.69) is 30.8 Å². The van der Waals surface area contributed by atoms with Crippen LogP contribution in [0, 0.1) is 0 Å². The van der Waals surface area contributed by atoms with Gasteiger partial charge in [0.15, 0.2) is 0 Å². The van der Waals surface area contributed by atoms with Gasteiger partial charge in [0.2, 0.25) is 5.91 Å². The number of hydrogen-bond acceptors (Lipinski definition) is 4. The number of primary amides is 1. The Hall–Kier alpha value is -0.650. The third-order valence-corrected chi connectivity index (χ3v) is 4.21. The number of amides is 1. The number of nitrogens with two attached hydrogens (primary N) is 2. The standard InChI is InChI=1S/C13H28N4O/c1-10(8-13(2,15)12(14)18)17(4)9-11-6-5-7-16(11)3/h10-11H,5-9,15H2,1-4H3,(H2,14,18). The molecule has 18 heavy (non-hydrogen) atoms. The zero-order chi connectivity index (χ0) is 13.9. The van der Waals surface area contributed by atoms with E-state index >= 15 is 0 Å². The van der Waals surface area contributed by atoms with E-state index in [-0.39, 0.29) is 6.04 Å². The summed E-state index contributed by atoms with van der Waals surface area (Å²) in [6.07, 6.45) is 3.12. The van der Waals surface area contributed by atoms with Crippen LogP contribution in [0.15, 0.2) is 0 Å². The fourth-order valence-electron chi connectivity index (χ4n) is 2.59. The molecule has 1 heterocycles. The summed E-state index contributed by atoms with van der Waals surface area (Å²) in [6, 6.07) is 0.872. The van der Waals surface area contributed by atoms with Crippen LogP contribution in [0.3, 0.4) is 0 Å². The number of nitrogens with zero attached hydrogens (tertiary/aromatic N) is 2. The summed E-state index contributed by atoms with van der Waals surface area (Å²) >= 11 is 0. The molecule has 0 spiro atoms. The second kappa shape index (κ2) is 5.99. The molecule has 1 saturated heterocycles. The van der Waals surface area contributed by atoms with Gasteiger partial charge >= 0.3 is 0 Å². The molecule has 4 N–H and O–H groups in total. The Morgan fingerprint density at radius 3 is 2.67 bits per heavy atom. The van der Waals surface area contributed by atoms with Crippen LogP contribution in [0.1, 0.15) is 33.1 Å². The first-order valence-electron chi connectivity index (χ1n) is 6.73. The molecule has 1 aliphatic rings. The van der Waals surface area contributed by atoms with Crippen molar-refractivity contribution in [3.8, 4) is 0 Å². The summed E-state index contributed by atoms with van der Waals surface area (Å²) in [5.41, 5.74) is 10.3. The summed E-state index contributed by atoms with van der Waals surface area (Å²) in [5, 5.41) is 0.